The second-order valence-electron chi connectivity index (χ2n) is 5.77. The van der Waals surface area contributed by atoms with E-state index in [-0.39, 0.29) is 12.0 Å². The lowest BCUT2D eigenvalue weighted by molar-refractivity contribution is 0.0933. The fourth-order valence-corrected chi connectivity index (χ4v) is 2.84. The Bertz CT molecular complexity index is 833. The molecule has 5 nitrogen and oxygen atoms in total. The summed E-state index contributed by atoms with van der Waals surface area (Å²) in [6.45, 7) is 0.476. The predicted octanol–water partition coefficient (Wildman–Crippen LogP) is 2.61. The molecule has 2 aromatic carbocycles. The van der Waals surface area contributed by atoms with E-state index in [0.29, 0.717) is 12.1 Å². The third kappa shape index (κ3) is 2.88. The van der Waals surface area contributed by atoms with Crippen molar-refractivity contribution >= 4 is 5.91 Å². The first-order chi connectivity index (χ1) is 11.8. The first-order valence-electron chi connectivity index (χ1n) is 7.92. The monoisotopic (exact) mass is 319 g/mol. The maximum Gasteiger partial charge on any atom is 0.254 e. The number of hydrogen-bond acceptors (Lipinski definition) is 3. The number of fused-ring (bicyclic) bond motifs is 1. The summed E-state index contributed by atoms with van der Waals surface area (Å²) in [4.78, 5) is 12.3. The molecule has 1 aromatic heterocycles. The minimum absolute atomic E-state index is 0.0180. The highest BCUT2D eigenvalue weighted by Crippen LogP contribution is 2.27. The van der Waals surface area contributed by atoms with E-state index in [9.17, 15) is 4.79 Å². The van der Waals surface area contributed by atoms with Gasteiger partial charge in [-0.3, -0.25) is 4.79 Å². The molecule has 120 valence electrons. The molecule has 24 heavy (non-hydrogen) atoms. The number of carbonyl (C=O) groups excluding carboxylic acids is 1. The van der Waals surface area contributed by atoms with Crippen LogP contribution in [0.1, 0.15) is 15.9 Å². The van der Waals surface area contributed by atoms with Gasteiger partial charge in [0, 0.05) is 12.6 Å². The Hall–Kier alpha value is -3.08. The first kappa shape index (κ1) is 14.5. The number of ether oxygens (including phenoxy) is 1. The number of nitrogens with one attached hydrogen (secondary N) is 1. The maximum absolute atomic E-state index is 12.3. The summed E-state index contributed by atoms with van der Waals surface area (Å²) in [5, 5.41) is 7.17. The minimum atomic E-state index is -0.142. The number of benzene rings is 2. The number of para-hydroxylation sites is 2. The summed E-state index contributed by atoms with van der Waals surface area (Å²) >= 11 is 0. The molecule has 0 spiro atoms. The van der Waals surface area contributed by atoms with Crippen LogP contribution >= 0.6 is 0 Å². The van der Waals surface area contributed by atoms with E-state index in [0.717, 1.165) is 17.9 Å². The van der Waals surface area contributed by atoms with Crippen LogP contribution in [-0.2, 0) is 6.42 Å². The van der Waals surface area contributed by atoms with Crippen LogP contribution in [0, 0.1) is 0 Å². The normalized spacial score (nSPS) is 15.6. The molecule has 4 rings (SSSR count). The van der Waals surface area contributed by atoms with Gasteiger partial charge in [-0.1, -0.05) is 36.4 Å². The van der Waals surface area contributed by atoms with Gasteiger partial charge in [-0.2, -0.15) is 5.10 Å². The Balaban J connectivity index is 1.37. The molecule has 0 saturated heterocycles. The highest BCUT2D eigenvalue weighted by atomic mass is 16.5. The van der Waals surface area contributed by atoms with Crippen molar-refractivity contribution in [2.75, 3.05) is 6.54 Å². The van der Waals surface area contributed by atoms with E-state index < -0.39 is 0 Å². The van der Waals surface area contributed by atoms with E-state index >= 15 is 0 Å². The van der Waals surface area contributed by atoms with Gasteiger partial charge in [0.15, 0.2) is 0 Å². The third-order valence-corrected chi connectivity index (χ3v) is 4.07. The molecule has 0 saturated carbocycles. The van der Waals surface area contributed by atoms with E-state index in [1.807, 2.05) is 48.5 Å². The molecule has 2 heterocycles. The van der Waals surface area contributed by atoms with Gasteiger partial charge in [0.05, 0.1) is 24.0 Å². The zero-order valence-corrected chi connectivity index (χ0v) is 13.1. The van der Waals surface area contributed by atoms with Gasteiger partial charge < -0.3 is 10.1 Å². The lowest BCUT2D eigenvalue weighted by Crippen LogP contribution is -2.34. The SMILES string of the molecule is O=C(NC[C@H]1Cc2ccccc2O1)c1cnn(-c2ccccc2)c1. The molecule has 1 N–H and O–H groups in total. The fourth-order valence-electron chi connectivity index (χ4n) is 2.84. The van der Waals surface area contributed by atoms with Crippen molar-refractivity contribution < 1.29 is 9.53 Å². The largest absolute Gasteiger partial charge is 0.488 e. The Morgan fingerprint density at radius 1 is 1.17 bits per heavy atom. The Labute approximate surface area is 139 Å². The molecule has 1 amide bonds. The van der Waals surface area contributed by atoms with Crippen LogP contribution in [0.3, 0.4) is 0 Å². The molecular weight excluding hydrogens is 302 g/mol. The average Bonchev–Trinajstić information content (AvgIpc) is 3.27. The van der Waals surface area contributed by atoms with Crippen LogP contribution in [-0.4, -0.2) is 28.3 Å². The van der Waals surface area contributed by atoms with Crippen LogP contribution in [0.25, 0.3) is 5.69 Å². The molecule has 1 atom stereocenters. The Morgan fingerprint density at radius 3 is 2.79 bits per heavy atom. The molecule has 0 bridgehead atoms. The number of amides is 1. The lowest BCUT2D eigenvalue weighted by atomic mass is 10.1. The van der Waals surface area contributed by atoms with Crippen molar-refractivity contribution in [1.29, 1.82) is 0 Å². The summed E-state index contributed by atoms with van der Waals surface area (Å²) in [5.74, 6) is 0.769. The Morgan fingerprint density at radius 2 is 1.96 bits per heavy atom. The molecule has 0 fully saturated rings. The second-order valence-corrected chi connectivity index (χ2v) is 5.77. The maximum atomic E-state index is 12.3. The minimum Gasteiger partial charge on any atom is -0.488 e. The van der Waals surface area contributed by atoms with Crippen molar-refractivity contribution in [3.8, 4) is 11.4 Å². The van der Waals surface area contributed by atoms with Crippen LogP contribution < -0.4 is 10.1 Å². The molecule has 3 aromatic rings. The summed E-state index contributed by atoms with van der Waals surface area (Å²) in [7, 11) is 0. The van der Waals surface area contributed by atoms with Crippen LogP contribution in [0.2, 0.25) is 0 Å². The van der Waals surface area contributed by atoms with Gasteiger partial charge >= 0.3 is 0 Å². The second kappa shape index (κ2) is 6.20. The van der Waals surface area contributed by atoms with Gasteiger partial charge in [0.2, 0.25) is 0 Å². The van der Waals surface area contributed by atoms with E-state index in [4.69, 9.17) is 4.74 Å². The lowest BCUT2D eigenvalue weighted by Gasteiger charge is -2.11. The molecule has 1 aliphatic heterocycles. The summed E-state index contributed by atoms with van der Waals surface area (Å²) in [6, 6.07) is 17.7. The molecule has 1 aliphatic rings. The number of aromatic nitrogens is 2. The van der Waals surface area contributed by atoms with Crippen LogP contribution in [0.4, 0.5) is 0 Å². The molecule has 5 heteroatoms. The first-order valence-corrected chi connectivity index (χ1v) is 7.92. The van der Waals surface area contributed by atoms with Crippen LogP contribution in [0.5, 0.6) is 5.75 Å². The molecule has 0 unspecified atom stereocenters. The third-order valence-electron chi connectivity index (χ3n) is 4.07. The summed E-state index contributed by atoms with van der Waals surface area (Å²) < 4.78 is 7.52. The van der Waals surface area contributed by atoms with Crippen molar-refractivity contribution in [2.45, 2.75) is 12.5 Å². The summed E-state index contributed by atoms with van der Waals surface area (Å²) in [6.07, 6.45) is 4.11. The smallest absolute Gasteiger partial charge is 0.254 e. The average molecular weight is 319 g/mol. The number of rotatable bonds is 4. The van der Waals surface area contributed by atoms with Crippen molar-refractivity contribution in [3.63, 3.8) is 0 Å². The highest BCUT2D eigenvalue weighted by Gasteiger charge is 2.23. The van der Waals surface area contributed by atoms with E-state index in [2.05, 4.69) is 16.5 Å². The quantitative estimate of drug-likeness (QED) is 0.804. The van der Waals surface area contributed by atoms with Crippen LogP contribution in [0.15, 0.2) is 67.0 Å². The molecular formula is C19H17N3O2. The number of nitrogens with zero attached hydrogens (tertiary/aromatic N) is 2. The van der Waals surface area contributed by atoms with Gasteiger partial charge in [-0.25, -0.2) is 4.68 Å². The molecule has 0 aliphatic carbocycles. The Kier molecular flexibility index (Phi) is 3.75. The van der Waals surface area contributed by atoms with Crippen molar-refractivity contribution in [1.82, 2.24) is 15.1 Å². The highest BCUT2D eigenvalue weighted by molar-refractivity contribution is 5.93. The predicted molar refractivity (Wildman–Crippen MR) is 90.5 cm³/mol. The van der Waals surface area contributed by atoms with E-state index in [1.165, 1.54) is 5.56 Å². The number of carbonyl (C=O) groups is 1. The van der Waals surface area contributed by atoms with E-state index in [1.54, 1.807) is 17.1 Å². The van der Waals surface area contributed by atoms with Gasteiger partial charge in [0.25, 0.3) is 5.91 Å². The van der Waals surface area contributed by atoms with Gasteiger partial charge in [-0.15, -0.1) is 0 Å². The zero-order chi connectivity index (χ0) is 16.4. The fraction of sp³-hybridized carbons (Fsp3) is 0.158. The number of hydrogen-bond donors (Lipinski definition) is 1. The zero-order valence-electron chi connectivity index (χ0n) is 13.1. The van der Waals surface area contributed by atoms with Gasteiger partial charge in [-0.05, 0) is 23.8 Å². The molecule has 0 radical (unpaired) electrons. The van der Waals surface area contributed by atoms with Gasteiger partial charge in [0.1, 0.15) is 11.9 Å². The van der Waals surface area contributed by atoms with Crippen molar-refractivity contribution in [3.05, 3.63) is 78.1 Å². The topological polar surface area (TPSA) is 56.1 Å². The van der Waals surface area contributed by atoms with Crippen molar-refractivity contribution in [2.24, 2.45) is 0 Å². The summed E-state index contributed by atoms with van der Waals surface area (Å²) in [5.41, 5.74) is 2.65. The standard InChI is InChI=1S/C19H17N3O2/c23-19(15-11-21-22(13-15)16-7-2-1-3-8-16)20-12-17-10-14-6-4-5-9-18(14)24-17/h1-9,11,13,17H,10,12H2,(H,20,23)/t17-/m1/s1.